The van der Waals surface area contributed by atoms with E-state index in [9.17, 15) is 29.1 Å². The third-order valence-corrected chi connectivity index (χ3v) is 9.73. The zero-order valence-electron chi connectivity index (χ0n) is 25.9. The second kappa shape index (κ2) is 13.7. The fraction of sp³-hybridized carbons (Fsp3) is 0.606. The molecule has 5 aliphatic rings. The summed E-state index contributed by atoms with van der Waals surface area (Å²) in [5, 5.41) is 15.5. The molecule has 0 aromatic heterocycles. The molecule has 0 radical (unpaired) electrons. The van der Waals surface area contributed by atoms with Crippen LogP contribution in [-0.2, 0) is 41.6 Å². The van der Waals surface area contributed by atoms with Crippen molar-refractivity contribution in [1.82, 2.24) is 20.4 Å². The van der Waals surface area contributed by atoms with Crippen molar-refractivity contribution in [2.24, 2.45) is 5.92 Å². The number of hydrogen-bond acceptors (Lipinski definition) is 8. The summed E-state index contributed by atoms with van der Waals surface area (Å²) in [6, 6.07) is 5.82. The summed E-state index contributed by atoms with van der Waals surface area (Å²) in [5.74, 6) is -2.63. The topological polar surface area (TPSA) is 164 Å². The van der Waals surface area contributed by atoms with Gasteiger partial charge in [-0.3, -0.25) is 9.59 Å². The Morgan fingerprint density at radius 1 is 1.04 bits per heavy atom. The van der Waals surface area contributed by atoms with E-state index in [2.05, 4.69) is 10.6 Å². The maximum absolute atomic E-state index is 14.1. The summed E-state index contributed by atoms with van der Waals surface area (Å²) in [5.41, 5.74) is 0.762. The van der Waals surface area contributed by atoms with Crippen molar-refractivity contribution in [2.75, 3.05) is 26.3 Å². The molecular weight excluding hydrogens is 596 g/mol. The number of rotatable bonds is 4. The van der Waals surface area contributed by atoms with Crippen molar-refractivity contribution in [3.8, 4) is 0 Å². The third kappa shape index (κ3) is 6.98. The molecule has 1 aromatic carbocycles. The van der Waals surface area contributed by atoms with Crippen molar-refractivity contribution >= 4 is 30.0 Å². The van der Waals surface area contributed by atoms with Crippen LogP contribution in [0.3, 0.4) is 0 Å². The van der Waals surface area contributed by atoms with Gasteiger partial charge in [0, 0.05) is 31.8 Å². The van der Waals surface area contributed by atoms with Crippen LogP contribution in [0.4, 0.5) is 9.59 Å². The number of hydrogen-bond donors (Lipinski definition) is 3. The minimum absolute atomic E-state index is 0.000520. The van der Waals surface area contributed by atoms with E-state index in [0.717, 1.165) is 24.8 Å². The smallest absolute Gasteiger partial charge is 0.410 e. The van der Waals surface area contributed by atoms with Gasteiger partial charge in [-0.1, -0.05) is 49.3 Å². The molecule has 1 saturated carbocycles. The van der Waals surface area contributed by atoms with Crippen LogP contribution < -0.4 is 10.6 Å². The van der Waals surface area contributed by atoms with Gasteiger partial charge in [0.2, 0.25) is 11.8 Å². The first kappa shape index (κ1) is 31.8. The predicted octanol–water partition coefficient (Wildman–Crippen LogP) is 2.51. The van der Waals surface area contributed by atoms with Gasteiger partial charge < -0.3 is 39.8 Å². The van der Waals surface area contributed by atoms with Crippen LogP contribution in [0.15, 0.2) is 36.4 Å². The van der Waals surface area contributed by atoms with E-state index in [4.69, 9.17) is 14.2 Å². The van der Waals surface area contributed by atoms with Crippen LogP contribution in [0.25, 0.3) is 0 Å². The van der Waals surface area contributed by atoms with E-state index in [-0.39, 0.29) is 31.9 Å². The summed E-state index contributed by atoms with van der Waals surface area (Å²) >= 11 is 0. The molecule has 0 spiro atoms. The number of carbonyl (C=O) groups excluding carboxylic acids is 4. The second-order valence-electron chi connectivity index (χ2n) is 12.9. The monoisotopic (exact) mass is 638 g/mol. The fourth-order valence-corrected chi connectivity index (χ4v) is 6.95. The molecule has 3 N–H and O–H groups in total. The van der Waals surface area contributed by atoms with E-state index in [1.165, 1.54) is 10.5 Å². The first-order valence-corrected chi connectivity index (χ1v) is 16.3. The Bertz CT molecular complexity index is 1380. The van der Waals surface area contributed by atoms with Gasteiger partial charge in [0.1, 0.15) is 29.8 Å². The molecule has 4 amide bonds. The van der Waals surface area contributed by atoms with Gasteiger partial charge in [0.25, 0.3) is 0 Å². The highest BCUT2D eigenvalue weighted by Gasteiger charge is 2.61. The lowest BCUT2D eigenvalue weighted by Gasteiger charge is -2.30. The zero-order valence-corrected chi connectivity index (χ0v) is 25.9. The number of nitrogens with zero attached hydrogens (tertiary/aromatic N) is 2. The van der Waals surface area contributed by atoms with Crippen LogP contribution in [0.2, 0.25) is 0 Å². The van der Waals surface area contributed by atoms with Crippen molar-refractivity contribution in [3.63, 3.8) is 0 Å². The highest BCUT2D eigenvalue weighted by molar-refractivity contribution is 5.96. The summed E-state index contributed by atoms with van der Waals surface area (Å²) in [7, 11) is 0. The second-order valence-corrected chi connectivity index (χ2v) is 12.9. The predicted molar refractivity (Wildman–Crippen MR) is 162 cm³/mol. The number of nitrogens with one attached hydrogen (secondary N) is 2. The van der Waals surface area contributed by atoms with Gasteiger partial charge >= 0.3 is 18.2 Å². The lowest BCUT2D eigenvalue weighted by molar-refractivity contribution is -0.145. The average Bonchev–Trinajstić information content (AvgIpc) is 3.32. The van der Waals surface area contributed by atoms with E-state index in [0.29, 0.717) is 45.4 Å². The Morgan fingerprint density at radius 3 is 2.65 bits per heavy atom. The number of fused-ring (bicyclic) bond motifs is 3. The number of carboxylic acids is 1. The molecule has 0 unspecified atom stereocenters. The summed E-state index contributed by atoms with van der Waals surface area (Å²) in [4.78, 5) is 69.3. The van der Waals surface area contributed by atoms with Crippen LogP contribution in [-0.4, -0.2) is 101 Å². The molecule has 4 aliphatic heterocycles. The first-order valence-electron chi connectivity index (χ1n) is 16.3. The number of alkyl carbamates (subject to hydrolysis) is 1. The molecule has 13 heteroatoms. The zero-order chi connectivity index (χ0) is 32.3. The summed E-state index contributed by atoms with van der Waals surface area (Å²) < 4.78 is 16.6. The normalized spacial score (nSPS) is 32.0. The number of carboxylic acid groups (broad SMARTS) is 1. The van der Waals surface area contributed by atoms with E-state index in [1.807, 2.05) is 36.4 Å². The standard InChI is InChI=1S/C33H42N4O9/c38-28-27-16-25(46-32(43)36-14-12-21-8-6-7-9-22(21)18-36)19-37(27)29(39)26(34-31(42)45-24-13-15-44-20-24)11-5-3-1-2-4-10-23-17-33(23,35-28)30(40)41/h4,6-10,23-27H,1-3,5,11-20H2,(H,34,42)(H,35,38)(H,40,41)/b10-4-/t23-,24+,25-,26+,27+,33-/m1/s1. The lowest BCUT2D eigenvalue weighted by atomic mass is 10.0. The minimum atomic E-state index is -1.46. The highest BCUT2D eigenvalue weighted by atomic mass is 16.6. The Balaban J connectivity index is 1.20. The van der Waals surface area contributed by atoms with E-state index < -0.39 is 59.8 Å². The molecule has 1 aliphatic carbocycles. The quantitative estimate of drug-likeness (QED) is 0.421. The Hall–Kier alpha value is -4.13. The largest absolute Gasteiger partial charge is 0.479 e. The number of amides is 4. The molecule has 6 rings (SSSR count). The van der Waals surface area contributed by atoms with Crippen LogP contribution >= 0.6 is 0 Å². The van der Waals surface area contributed by atoms with Crippen molar-refractivity contribution in [2.45, 2.75) is 94.2 Å². The maximum Gasteiger partial charge on any atom is 0.410 e. The molecule has 0 bridgehead atoms. The SMILES string of the molecule is O=C(N[C@H]1CCCCC/C=C\[C@@H]2C[C@@]2(C(=O)O)NC(=O)[C@@H]2C[C@@H](OC(=O)N3CCc4ccccc4C3)CN2C1=O)O[C@H]1CCOC1. The number of carbonyl (C=O) groups is 5. The Labute approximate surface area is 267 Å². The van der Waals surface area contributed by atoms with Gasteiger partial charge in [-0.2, -0.15) is 0 Å². The van der Waals surface area contributed by atoms with Crippen molar-refractivity contribution in [3.05, 3.63) is 47.5 Å². The average molecular weight is 639 g/mol. The number of benzene rings is 1. The fourth-order valence-electron chi connectivity index (χ4n) is 6.95. The molecule has 13 nitrogen and oxygen atoms in total. The highest BCUT2D eigenvalue weighted by Crippen LogP contribution is 2.45. The number of aliphatic carboxylic acids is 1. The first-order chi connectivity index (χ1) is 22.2. The Kier molecular flexibility index (Phi) is 9.48. The van der Waals surface area contributed by atoms with E-state index in [1.54, 1.807) is 4.90 Å². The molecular formula is C33H42N4O9. The van der Waals surface area contributed by atoms with Gasteiger partial charge in [0.15, 0.2) is 0 Å². The third-order valence-electron chi connectivity index (χ3n) is 9.73. The lowest BCUT2D eigenvalue weighted by Crippen LogP contribution is -2.56. The van der Waals surface area contributed by atoms with Gasteiger partial charge in [-0.15, -0.1) is 0 Å². The molecule has 2 saturated heterocycles. The van der Waals surface area contributed by atoms with E-state index >= 15 is 0 Å². The van der Waals surface area contributed by atoms with Crippen LogP contribution in [0, 0.1) is 5.92 Å². The summed E-state index contributed by atoms with van der Waals surface area (Å²) in [6.07, 6.45) is 6.12. The molecule has 4 heterocycles. The maximum atomic E-state index is 14.1. The molecule has 6 atom stereocenters. The van der Waals surface area contributed by atoms with Crippen LogP contribution in [0.1, 0.15) is 62.5 Å². The molecule has 1 aromatic rings. The number of allylic oxidation sites excluding steroid dienone is 1. The molecule has 46 heavy (non-hydrogen) atoms. The summed E-state index contributed by atoms with van der Waals surface area (Å²) in [6.45, 7) is 1.58. The van der Waals surface area contributed by atoms with Gasteiger partial charge in [-0.25, -0.2) is 14.4 Å². The van der Waals surface area contributed by atoms with Crippen molar-refractivity contribution in [1.29, 1.82) is 0 Å². The molecule has 3 fully saturated rings. The molecule has 248 valence electrons. The van der Waals surface area contributed by atoms with Gasteiger partial charge in [-0.05, 0) is 43.2 Å². The number of ether oxygens (including phenoxy) is 3. The Morgan fingerprint density at radius 2 is 1.87 bits per heavy atom. The van der Waals surface area contributed by atoms with Crippen molar-refractivity contribution < 1.29 is 43.3 Å². The van der Waals surface area contributed by atoms with Gasteiger partial charge in [0.05, 0.1) is 19.8 Å². The minimum Gasteiger partial charge on any atom is -0.479 e. The van der Waals surface area contributed by atoms with Crippen LogP contribution in [0.5, 0.6) is 0 Å².